The van der Waals surface area contributed by atoms with Crippen LogP contribution in [0.5, 0.6) is 0 Å². The van der Waals surface area contributed by atoms with Crippen molar-refractivity contribution in [1.82, 2.24) is 4.90 Å². The number of allylic oxidation sites excluding steroid dienone is 3. The summed E-state index contributed by atoms with van der Waals surface area (Å²) in [7, 11) is 0. The van der Waals surface area contributed by atoms with E-state index in [0.717, 1.165) is 49.8 Å². The molecule has 0 aromatic heterocycles. The van der Waals surface area contributed by atoms with Crippen LogP contribution >= 0.6 is 0 Å². The average molecular weight is 576 g/mol. The lowest BCUT2D eigenvalue weighted by Crippen LogP contribution is -2.41. The number of aliphatic hydroxyl groups excluding tert-OH is 2. The fourth-order valence-corrected chi connectivity index (χ4v) is 9.15. The zero-order chi connectivity index (χ0) is 30.1. The molecule has 1 aromatic carbocycles. The van der Waals surface area contributed by atoms with Crippen LogP contribution in [0.2, 0.25) is 0 Å². The van der Waals surface area contributed by atoms with Crippen LogP contribution in [0.4, 0.5) is 0 Å². The van der Waals surface area contributed by atoms with Gasteiger partial charge in [-0.05, 0) is 111 Å². The maximum absolute atomic E-state index is 13.2. The fraction of sp³-hybridized carbons (Fsp3) is 0.649. The van der Waals surface area contributed by atoms with Crippen molar-refractivity contribution >= 4 is 5.91 Å². The summed E-state index contributed by atoms with van der Waals surface area (Å²) in [4.78, 5) is 15.2. The smallest absolute Gasteiger partial charge is 0.254 e. The summed E-state index contributed by atoms with van der Waals surface area (Å²) < 4.78 is 0. The summed E-state index contributed by atoms with van der Waals surface area (Å²) in [5, 5.41) is 31.4. The van der Waals surface area contributed by atoms with Crippen LogP contribution in [0, 0.1) is 23.2 Å². The molecule has 3 N–H and O–H groups in total. The van der Waals surface area contributed by atoms with Gasteiger partial charge in [0.1, 0.15) is 5.60 Å². The molecule has 1 saturated heterocycles. The summed E-state index contributed by atoms with van der Waals surface area (Å²) in [5.41, 5.74) is 3.54. The van der Waals surface area contributed by atoms with E-state index in [9.17, 15) is 20.1 Å². The van der Waals surface area contributed by atoms with E-state index in [0.29, 0.717) is 37.0 Å². The van der Waals surface area contributed by atoms with Gasteiger partial charge in [0.15, 0.2) is 0 Å². The average Bonchev–Trinajstić information content (AvgIpc) is 3.41. The fourth-order valence-electron chi connectivity index (χ4n) is 9.15. The molecule has 1 aromatic rings. The lowest BCUT2D eigenvalue weighted by Gasteiger charge is -2.45. The van der Waals surface area contributed by atoms with Crippen molar-refractivity contribution in [2.45, 2.75) is 122 Å². The lowest BCUT2D eigenvalue weighted by atomic mass is 9.60. The number of hydrogen-bond donors (Lipinski definition) is 3. The second-order valence-corrected chi connectivity index (χ2v) is 14.5. The minimum Gasteiger partial charge on any atom is -0.393 e. The van der Waals surface area contributed by atoms with Crippen LogP contribution in [0.1, 0.15) is 97.0 Å². The van der Waals surface area contributed by atoms with Gasteiger partial charge in [-0.25, -0.2) is 0 Å². The number of hydrogen-bond acceptors (Lipinski definition) is 4. The normalized spacial score (nSPS) is 38.0. The molecule has 5 nitrogen and oxygen atoms in total. The Morgan fingerprint density at radius 2 is 1.88 bits per heavy atom. The van der Waals surface area contributed by atoms with Crippen LogP contribution in [-0.4, -0.2) is 56.5 Å². The van der Waals surface area contributed by atoms with Crippen molar-refractivity contribution in [3.05, 3.63) is 71.3 Å². The highest BCUT2D eigenvalue weighted by Gasteiger charge is 2.53. The second kappa shape index (κ2) is 12.8. The van der Waals surface area contributed by atoms with Gasteiger partial charge >= 0.3 is 0 Å². The molecule has 3 saturated carbocycles. The SMILES string of the molecule is C=C1/C(=C\C=C2/CCC[C@@]3(C)C2CC[C@@H]3[C@H](C)C[C@@H]2C[C@@](C)(O)C(=O)N2CCCCc2ccccc2)C[C@@H](O)C[C@@H]1O. The van der Waals surface area contributed by atoms with Gasteiger partial charge in [0.2, 0.25) is 0 Å². The number of aliphatic hydroxyl groups is 3. The van der Waals surface area contributed by atoms with Crippen LogP contribution in [0.25, 0.3) is 0 Å². The molecule has 4 fully saturated rings. The Balaban J connectivity index is 1.23. The summed E-state index contributed by atoms with van der Waals surface area (Å²) >= 11 is 0. The van der Waals surface area contributed by atoms with Gasteiger partial charge in [0.25, 0.3) is 5.91 Å². The first kappa shape index (κ1) is 31.2. The number of fused-ring (bicyclic) bond motifs is 1. The van der Waals surface area contributed by atoms with Crippen LogP contribution in [0.15, 0.2) is 65.8 Å². The molecule has 1 aliphatic heterocycles. The van der Waals surface area contributed by atoms with Crippen molar-refractivity contribution in [1.29, 1.82) is 0 Å². The molecule has 3 aliphatic carbocycles. The number of carbonyl (C=O) groups excluding carboxylic acids is 1. The molecule has 1 heterocycles. The van der Waals surface area contributed by atoms with Crippen LogP contribution in [0.3, 0.4) is 0 Å². The topological polar surface area (TPSA) is 81.0 Å². The summed E-state index contributed by atoms with van der Waals surface area (Å²) in [6, 6.07) is 10.6. The third-order valence-electron chi connectivity index (χ3n) is 11.4. The van der Waals surface area contributed by atoms with E-state index in [-0.39, 0.29) is 17.4 Å². The number of aryl methyl sites for hydroxylation is 1. The van der Waals surface area contributed by atoms with Gasteiger partial charge < -0.3 is 20.2 Å². The first-order valence-corrected chi connectivity index (χ1v) is 16.5. The van der Waals surface area contributed by atoms with Crippen molar-refractivity contribution in [3.8, 4) is 0 Å². The Bertz CT molecular complexity index is 1190. The van der Waals surface area contributed by atoms with Crippen molar-refractivity contribution in [2.75, 3.05) is 6.54 Å². The largest absolute Gasteiger partial charge is 0.393 e. The Kier molecular flexibility index (Phi) is 9.51. The van der Waals surface area contributed by atoms with Gasteiger partial charge in [-0.3, -0.25) is 4.79 Å². The molecule has 0 bridgehead atoms. The number of carbonyl (C=O) groups is 1. The maximum Gasteiger partial charge on any atom is 0.254 e. The van der Waals surface area contributed by atoms with Crippen molar-refractivity contribution in [3.63, 3.8) is 0 Å². The van der Waals surface area contributed by atoms with Gasteiger partial charge in [0.05, 0.1) is 12.2 Å². The van der Waals surface area contributed by atoms with Crippen molar-refractivity contribution < 1.29 is 20.1 Å². The molecule has 1 unspecified atom stereocenters. The number of benzene rings is 1. The Labute approximate surface area is 253 Å². The van der Waals surface area contributed by atoms with Gasteiger partial charge in [0, 0.05) is 25.4 Å². The van der Waals surface area contributed by atoms with E-state index in [4.69, 9.17) is 0 Å². The highest BCUT2D eigenvalue weighted by Crippen LogP contribution is 2.60. The number of rotatable bonds is 9. The molecule has 1 amide bonds. The minimum absolute atomic E-state index is 0.0922. The number of amides is 1. The van der Waals surface area contributed by atoms with Gasteiger partial charge in [-0.1, -0.05) is 68.5 Å². The third kappa shape index (κ3) is 6.49. The molecule has 8 atom stereocenters. The molecule has 4 aliphatic rings. The molecule has 5 rings (SSSR count). The molecule has 42 heavy (non-hydrogen) atoms. The number of likely N-dealkylation sites (tertiary alicyclic amines) is 1. The quantitative estimate of drug-likeness (QED) is 0.293. The molecular formula is C37H53NO4. The second-order valence-electron chi connectivity index (χ2n) is 14.5. The van der Waals surface area contributed by atoms with Gasteiger partial charge in [-0.15, -0.1) is 0 Å². The molecular weight excluding hydrogens is 522 g/mol. The standard InChI is InChI=1S/C37H53NO4/c1-25(21-30-24-37(4,42)35(41)38(30)20-9-8-13-27-11-6-5-7-12-27)32-17-18-33-28(14-10-19-36(32,33)3)15-16-29-22-31(39)23-34(40)26(29)2/h5-7,11-12,15-16,25,30-34,39-40,42H,2,8-10,13-14,17-24H2,1,3-4H3/b28-15+,29-16-/t25-,30-,31-,32-,33?,34+,36-,37-/m1/s1. The third-order valence-corrected chi connectivity index (χ3v) is 11.4. The van der Waals surface area contributed by atoms with E-state index in [1.54, 1.807) is 6.92 Å². The zero-order valence-electron chi connectivity index (χ0n) is 26.1. The van der Waals surface area contributed by atoms with E-state index >= 15 is 0 Å². The first-order valence-electron chi connectivity index (χ1n) is 16.5. The van der Waals surface area contributed by atoms with E-state index in [1.807, 2.05) is 11.0 Å². The zero-order valence-corrected chi connectivity index (χ0v) is 26.1. The Morgan fingerprint density at radius 3 is 2.64 bits per heavy atom. The van der Waals surface area contributed by atoms with E-state index < -0.39 is 17.8 Å². The molecule has 0 radical (unpaired) electrons. The van der Waals surface area contributed by atoms with Gasteiger partial charge in [-0.2, -0.15) is 0 Å². The summed E-state index contributed by atoms with van der Waals surface area (Å²) in [5.74, 6) is 1.52. The first-order chi connectivity index (χ1) is 20.0. The molecule has 0 spiro atoms. The highest BCUT2D eigenvalue weighted by molar-refractivity contribution is 5.87. The van der Waals surface area contributed by atoms with E-state index in [1.165, 1.54) is 36.8 Å². The number of nitrogens with zero attached hydrogens (tertiary/aromatic N) is 1. The predicted molar refractivity (Wildman–Crippen MR) is 169 cm³/mol. The minimum atomic E-state index is -1.26. The number of unbranched alkanes of at least 4 members (excludes halogenated alkanes) is 1. The summed E-state index contributed by atoms with van der Waals surface area (Å²) in [6.45, 7) is 11.4. The lowest BCUT2D eigenvalue weighted by molar-refractivity contribution is -0.142. The highest BCUT2D eigenvalue weighted by atomic mass is 16.3. The summed E-state index contributed by atoms with van der Waals surface area (Å²) in [6.07, 6.45) is 14.6. The Morgan fingerprint density at radius 1 is 1.12 bits per heavy atom. The van der Waals surface area contributed by atoms with E-state index in [2.05, 4.69) is 56.8 Å². The van der Waals surface area contributed by atoms with Crippen molar-refractivity contribution in [2.24, 2.45) is 23.2 Å². The molecule has 5 heteroatoms. The van der Waals surface area contributed by atoms with Crippen LogP contribution < -0.4 is 0 Å². The molecule has 230 valence electrons. The predicted octanol–water partition coefficient (Wildman–Crippen LogP) is 6.53. The monoisotopic (exact) mass is 575 g/mol. The Hall–Kier alpha value is -2.21. The maximum atomic E-state index is 13.2. The van der Waals surface area contributed by atoms with Crippen LogP contribution in [-0.2, 0) is 11.2 Å².